The third-order valence-corrected chi connectivity index (χ3v) is 4.35. The number of nitrogens with two attached hydrogens (primary N) is 1. The van der Waals surface area contributed by atoms with Gasteiger partial charge in [-0.3, -0.25) is 14.5 Å². The maximum absolute atomic E-state index is 12.4. The average molecular weight is 303 g/mol. The van der Waals surface area contributed by atoms with Crippen LogP contribution in [-0.4, -0.2) is 61.0 Å². The molecule has 0 saturated carbocycles. The molecule has 1 aromatic rings. The van der Waals surface area contributed by atoms with Crippen LogP contribution >= 0.6 is 0 Å². The molecule has 0 aliphatic carbocycles. The Labute approximate surface area is 129 Å². The van der Waals surface area contributed by atoms with E-state index in [-0.39, 0.29) is 12.5 Å². The molecule has 2 N–H and O–H groups in total. The second-order valence-electron chi connectivity index (χ2n) is 5.72. The van der Waals surface area contributed by atoms with Crippen molar-refractivity contribution in [1.29, 1.82) is 0 Å². The van der Waals surface area contributed by atoms with Crippen molar-refractivity contribution >= 4 is 11.8 Å². The van der Waals surface area contributed by atoms with E-state index < -0.39 is 11.9 Å². The first-order valence-corrected chi connectivity index (χ1v) is 7.63. The summed E-state index contributed by atoms with van der Waals surface area (Å²) in [4.78, 5) is 28.0. The zero-order valence-electron chi connectivity index (χ0n) is 12.5. The largest absolute Gasteiger partial charge is 0.378 e. The number of hydrogen-bond acceptors (Lipinski definition) is 4. The van der Waals surface area contributed by atoms with Gasteiger partial charge in [-0.25, -0.2) is 0 Å². The van der Waals surface area contributed by atoms with Crippen LogP contribution in [0.25, 0.3) is 0 Å². The highest BCUT2D eigenvalue weighted by Gasteiger charge is 2.33. The average Bonchev–Trinajstić information content (AvgIpc) is 2.55. The van der Waals surface area contributed by atoms with Gasteiger partial charge in [-0.15, -0.1) is 0 Å². The Balaban J connectivity index is 1.75. The Bertz CT molecular complexity index is 570. The Morgan fingerprint density at radius 2 is 1.91 bits per heavy atom. The van der Waals surface area contributed by atoms with Crippen LogP contribution in [0.15, 0.2) is 24.3 Å². The molecule has 0 bridgehead atoms. The minimum absolute atomic E-state index is 0.0360. The molecule has 22 heavy (non-hydrogen) atoms. The molecule has 0 spiro atoms. The SMILES string of the molecule is NC(=O)C1c2ccccc2CCN1CC(=O)N1CCOCC1. The number of ether oxygens (including phenoxy) is 1. The van der Waals surface area contributed by atoms with Crippen LogP contribution < -0.4 is 5.73 Å². The molecule has 2 heterocycles. The number of morpholine rings is 1. The van der Waals surface area contributed by atoms with Crippen molar-refractivity contribution in [2.24, 2.45) is 5.73 Å². The molecule has 1 unspecified atom stereocenters. The van der Waals surface area contributed by atoms with Crippen LogP contribution in [0.5, 0.6) is 0 Å². The molecule has 2 amide bonds. The van der Waals surface area contributed by atoms with Crippen molar-refractivity contribution < 1.29 is 14.3 Å². The number of carbonyl (C=O) groups excluding carboxylic acids is 2. The van der Waals surface area contributed by atoms with Gasteiger partial charge in [0.25, 0.3) is 0 Å². The predicted molar refractivity (Wildman–Crippen MR) is 81.1 cm³/mol. The molecule has 3 rings (SSSR count). The van der Waals surface area contributed by atoms with Crippen LogP contribution in [0.4, 0.5) is 0 Å². The van der Waals surface area contributed by atoms with Crippen LogP contribution in [0.3, 0.4) is 0 Å². The summed E-state index contributed by atoms with van der Waals surface area (Å²) in [5.74, 6) is -0.365. The number of nitrogens with zero attached hydrogens (tertiary/aromatic N) is 2. The molecular formula is C16H21N3O3. The van der Waals surface area contributed by atoms with Gasteiger partial charge in [0, 0.05) is 19.6 Å². The summed E-state index contributed by atoms with van der Waals surface area (Å²) in [6, 6.07) is 7.30. The van der Waals surface area contributed by atoms with Crippen LogP contribution in [-0.2, 0) is 20.7 Å². The van der Waals surface area contributed by atoms with Gasteiger partial charge in [-0.2, -0.15) is 0 Å². The molecule has 1 saturated heterocycles. The molecule has 118 valence electrons. The van der Waals surface area contributed by atoms with Crippen molar-refractivity contribution in [2.45, 2.75) is 12.5 Å². The number of hydrogen-bond donors (Lipinski definition) is 1. The van der Waals surface area contributed by atoms with Gasteiger partial charge < -0.3 is 15.4 Å². The van der Waals surface area contributed by atoms with Crippen molar-refractivity contribution in [3.05, 3.63) is 35.4 Å². The normalized spacial score (nSPS) is 22.2. The predicted octanol–water partition coefficient (Wildman–Crippen LogP) is -0.0701. The lowest BCUT2D eigenvalue weighted by Crippen LogP contribution is -2.50. The molecule has 0 radical (unpaired) electrons. The maximum atomic E-state index is 12.4. The Kier molecular flexibility index (Phi) is 4.40. The molecule has 1 fully saturated rings. The molecule has 1 atom stereocenters. The number of carbonyl (C=O) groups is 2. The Morgan fingerprint density at radius 1 is 1.18 bits per heavy atom. The minimum atomic E-state index is -0.519. The molecule has 1 aromatic carbocycles. The van der Waals surface area contributed by atoms with E-state index in [9.17, 15) is 9.59 Å². The van der Waals surface area contributed by atoms with Gasteiger partial charge in [0.1, 0.15) is 6.04 Å². The number of benzene rings is 1. The summed E-state index contributed by atoms with van der Waals surface area (Å²) in [6.07, 6.45) is 0.830. The summed E-state index contributed by atoms with van der Waals surface area (Å²) >= 11 is 0. The van der Waals surface area contributed by atoms with E-state index in [1.807, 2.05) is 29.2 Å². The Hall–Kier alpha value is -1.92. The van der Waals surface area contributed by atoms with Crippen LogP contribution in [0, 0.1) is 0 Å². The highest BCUT2D eigenvalue weighted by atomic mass is 16.5. The van der Waals surface area contributed by atoms with Gasteiger partial charge in [0.15, 0.2) is 0 Å². The molecular weight excluding hydrogens is 282 g/mol. The van der Waals surface area contributed by atoms with E-state index in [1.165, 1.54) is 0 Å². The molecule has 2 aliphatic heterocycles. The van der Waals surface area contributed by atoms with Crippen LogP contribution in [0.2, 0.25) is 0 Å². The zero-order chi connectivity index (χ0) is 15.5. The first-order chi connectivity index (χ1) is 10.7. The van der Waals surface area contributed by atoms with Gasteiger partial charge in [0.05, 0.1) is 19.8 Å². The highest BCUT2D eigenvalue weighted by molar-refractivity contribution is 5.84. The fourth-order valence-electron chi connectivity index (χ4n) is 3.21. The van der Waals surface area contributed by atoms with Gasteiger partial charge in [-0.05, 0) is 17.5 Å². The van der Waals surface area contributed by atoms with Crippen molar-refractivity contribution in [3.63, 3.8) is 0 Å². The van der Waals surface area contributed by atoms with E-state index in [4.69, 9.17) is 10.5 Å². The third-order valence-electron chi connectivity index (χ3n) is 4.35. The minimum Gasteiger partial charge on any atom is -0.378 e. The summed E-state index contributed by atoms with van der Waals surface area (Å²) in [7, 11) is 0. The highest BCUT2D eigenvalue weighted by Crippen LogP contribution is 2.29. The van der Waals surface area contributed by atoms with Crippen molar-refractivity contribution in [2.75, 3.05) is 39.4 Å². The summed E-state index contributed by atoms with van der Waals surface area (Å²) in [6.45, 7) is 3.28. The first-order valence-electron chi connectivity index (χ1n) is 7.63. The summed E-state index contributed by atoms with van der Waals surface area (Å²) in [5, 5.41) is 0. The number of rotatable bonds is 3. The van der Waals surface area contributed by atoms with E-state index >= 15 is 0 Å². The van der Waals surface area contributed by atoms with E-state index in [1.54, 1.807) is 4.90 Å². The first kappa shape index (κ1) is 15.0. The number of fused-ring (bicyclic) bond motifs is 1. The summed E-state index contributed by atoms with van der Waals surface area (Å²) < 4.78 is 5.26. The molecule has 6 nitrogen and oxygen atoms in total. The fraction of sp³-hybridized carbons (Fsp3) is 0.500. The molecule has 2 aliphatic rings. The Morgan fingerprint density at radius 3 is 2.64 bits per heavy atom. The van der Waals surface area contributed by atoms with E-state index in [0.29, 0.717) is 32.8 Å². The second kappa shape index (κ2) is 6.46. The van der Waals surface area contributed by atoms with Crippen LogP contribution in [0.1, 0.15) is 17.2 Å². The zero-order valence-corrected chi connectivity index (χ0v) is 12.5. The maximum Gasteiger partial charge on any atom is 0.239 e. The van der Waals surface area contributed by atoms with Gasteiger partial charge >= 0.3 is 0 Å². The summed E-state index contributed by atoms with van der Waals surface area (Å²) in [5.41, 5.74) is 7.67. The number of amides is 2. The fourth-order valence-corrected chi connectivity index (χ4v) is 3.21. The standard InChI is InChI=1S/C16H21N3O3/c17-16(21)15-13-4-2-1-3-12(13)5-6-19(15)11-14(20)18-7-9-22-10-8-18/h1-4,15H,5-11H2,(H2,17,21). The monoisotopic (exact) mass is 303 g/mol. The lowest BCUT2D eigenvalue weighted by molar-refractivity contribution is -0.138. The molecule has 6 heteroatoms. The quantitative estimate of drug-likeness (QED) is 0.848. The van der Waals surface area contributed by atoms with Gasteiger partial charge in [0.2, 0.25) is 11.8 Å². The van der Waals surface area contributed by atoms with Crippen molar-refractivity contribution in [3.8, 4) is 0 Å². The third kappa shape index (κ3) is 2.98. The lowest BCUT2D eigenvalue weighted by Gasteiger charge is -2.36. The second-order valence-corrected chi connectivity index (χ2v) is 5.72. The van der Waals surface area contributed by atoms with E-state index in [2.05, 4.69) is 0 Å². The smallest absolute Gasteiger partial charge is 0.239 e. The molecule has 0 aromatic heterocycles. The van der Waals surface area contributed by atoms with E-state index in [0.717, 1.165) is 17.5 Å². The lowest BCUT2D eigenvalue weighted by atomic mass is 9.92. The number of primary amides is 1. The van der Waals surface area contributed by atoms with Crippen molar-refractivity contribution in [1.82, 2.24) is 9.80 Å². The van der Waals surface area contributed by atoms with Gasteiger partial charge in [-0.1, -0.05) is 24.3 Å². The topological polar surface area (TPSA) is 75.9 Å².